The van der Waals surface area contributed by atoms with Crippen LogP contribution in [0, 0.1) is 0 Å². The van der Waals surface area contributed by atoms with E-state index in [4.69, 9.17) is 18.9 Å². The van der Waals surface area contributed by atoms with E-state index in [-0.39, 0.29) is 12.1 Å². The summed E-state index contributed by atoms with van der Waals surface area (Å²) in [5.41, 5.74) is 5.11. The van der Waals surface area contributed by atoms with Gasteiger partial charge < -0.3 is 23.8 Å². The SMILES string of the molecule is COc1cc(CCOCc2ccccc2)ccc1CN1C(=O)N(c2ccc(OC)c(OCc3ccccc3)c2)CC[C@@H]1C. The van der Waals surface area contributed by atoms with E-state index in [1.807, 2.05) is 76.5 Å². The third kappa shape index (κ3) is 7.67. The number of methoxy groups -OCH3 is 2. The molecule has 1 atom stereocenters. The number of carbonyl (C=O) groups is 1. The van der Waals surface area contributed by atoms with Crippen molar-refractivity contribution in [1.82, 2.24) is 4.90 Å². The summed E-state index contributed by atoms with van der Waals surface area (Å²) in [6.45, 7) is 4.80. The molecule has 1 aliphatic heterocycles. The number of ether oxygens (including phenoxy) is 4. The zero-order valence-electron chi connectivity index (χ0n) is 25.2. The second-order valence-electron chi connectivity index (χ2n) is 10.7. The summed E-state index contributed by atoms with van der Waals surface area (Å²) in [5.74, 6) is 2.01. The molecule has 0 spiro atoms. The van der Waals surface area contributed by atoms with E-state index in [1.54, 1.807) is 14.2 Å². The maximum absolute atomic E-state index is 13.9. The van der Waals surface area contributed by atoms with Gasteiger partial charge in [-0.2, -0.15) is 0 Å². The number of hydrogen-bond donors (Lipinski definition) is 0. The van der Waals surface area contributed by atoms with E-state index in [1.165, 1.54) is 0 Å². The Morgan fingerprint density at radius 1 is 0.744 bits per heavy atom. The molecule has 0 unspecified atom stereocenters. The van der Waals surface area contributed by atoms with Crippen LogP contribution in [0.2, 0.25) is 0 Å². The average Bonchev–Trinajstić information content (AvgIpc) is 3.05. The molecule has 0 N–H and O–H groups in total. The fourth-order valence-electron chi connectivity index (χ4n) is 5.27. The predicted octanol–water partition coefficient (Wildman–Crippen LogP) is 7.26. The lowest BCUT2D eigenvalue weighted by Gasteiger charge is -2.40. The molecule has 0 saturated carbocycles. The molecule has 0 bridgehead atoms. The Bertz CT molecular complexity index is 1480. The van der Waals surface area contributed by atoms with E-state index in [0.717, 1.165) is 46.5 Å². The van der Waals surface area contributed by atoms with Crippen LogP contribution in [0.1, 0.15) is 35.6 Å². The monoisotopic (exact) mass is 580 g/mol. The highest BCUT2D eigenvalue weighted by Gasteiger charge is 2.32. The zero-order chi connectivity index (χ0) is 30.0. The number of benzene rings is 4. The minimum Gasteiger partial charge on any atom is -0.496 e. The van der Waals surface area contributed by atoms with Crippen LogP contribution in [0.3, 0.4) is 0 Å². The van der Waals surface area contributed by atoms with Gasteiger partial charge in [-0.15, -0.1) is 0 Å². The van der Waals surface area contributed by atoms with Gasteiger partial charge in [-0.3, -0.25) is 4.90 Å². The predicted molar refractivity (Wildman–Crippen MR) is 169 cm³/mol. The van der Waals surface area contributed by atoms with Crippen LogP contribution in [0.25, 0.3) is 0 Å². The topological polar surface area (TPSA) is 60.5 Å². The Morgan fingerprint density at radius 3 is 2.14 bits per heavy atom. The molecule has 4 aromatic rings. The molecule has 4 aromatic carbocycles. The molecule has 1 aliphatic rings. The quantitative estimate of drug-likeness (QED) is 0.156. The molecule has 2 amide bonds. The van der Waals surface area contributed by atoms with Crippen molar-refractivity contribution >= 4 is 11.7 Å². The maximum atomic E-state index is 13.9. The first kappa shape index (κ1) is 30.0. The second-order valence-corrected chi connectivity index (χ2v) is 10.7. The zero-order valence-corrected chi connectivity index (χ0v) is 25.2. The molecular weight excluding hydrogens is 540 g/mol. The molecule has 43 heavy (non-hydrogen) atoms. The van der Waals surface area contributed by atoms with Crippen LogP contribution in [-0.2, 0) is 30.9 Å². The maximum Gasteiger partial charge on any atom is 0.325 e. The molecule has 1 saturated heterocycles. The number of nitrogens with zero attached hydrogens (tertiary/aromatic N) is 2. The van der Waals surface area contributed by atoms with Gasteiger partial charge in [0.2, 0.25) is 0 Å². The van der Waals surface area contributed by atoms with Gasteiger partial charge in [-0.25, -0.2) is 4.79 Å². The molecule has 0 aromatic heterocycles. The average molecular weight is 581 g/mol. The lowest BCUT2D eigenvalue weighted by molar-refractivity contribution is 0.124. The summed E-state index contributed by atoms with van der Waals surface area (Å²) in [6, 6.07) is 32.1. The number of anilines is 1. The fourth-order valence-corrected chi connectivity index (χ4v) is 5.27. The highest BCUT2D eigenvalue weighted by molar-refractivity contribution is 5.93. The van der Waals surface area contributed by atoms with Crippen molar-refractivity contribution in [2.45, 2.75) is 45.6 Å². The number of rotatable bonds is 13. The van der Waals surface area contributed by atoms with Gasteiger partial charge in [-0.1, -0.05) is 72.8 Å². The van der Waals surface area contributed by atoms with E-state index >= 15 is 0 Å². The highest BCUT2D eigenvalue weighted by atomic mass is 16.5. The molecule has 5 rings (SSSR count). The first-order valence-electron chi connectivity index (χ1n) is 14.8. The van der Waals surface area contributed by atoms with Gasteiger partial charge in [-0.05, 0) is 54.7 Å². The Morgan fingerprint density at radius 2 is 1.44 bits per heavy atom. The van der Waals surface area contributed by atoms with E-state index in [2.05, 4.69) is 37.3 Å². The van der Waals surface area contributed by atoms with E-state index in [0.29, 0.717) is 44.4 Å². The summed E-state index contributed by atoms with van der Waals surface area (Å²) in [6.07, 6.45) is 1.62. The Hall–Kier alpha value is -4.49. The molecule has 0 radical (unpaired) electrons. The molecule has 7 heteroatoms. The van der Waals surface area contributed by atoms with Crippen molar-refractivity contribution in [3.05, 3.63) is 119 Å². The lowest BCUT2D eigenvalue weighted by atomic mass is 10.0. The van der Waals surface area contributed by atoms with Gasteiger partial charge in [0, 0.05) is 29.9 Å². The van der Waals surface area contributed by atoms with Gasteiger partial charge >= 0.3 is 6.03 Å². The first-order valence-corrected chi connectivity index (χ1v) is 14.8. The standard InChI is InChI=1S/C36H40N2O5/c1-27-18-20-37(32-16-17-33(40-2)35(23-32)43-26-30-12-8-5-9-13-30)36(39)38(27)24-31-15-14-28(22-34(31)41-3)19-21-42-25-29-10-6-4-7-11-29/h4-17,22-23,27H,18-21,24-26H2,1-3H3/t27-/m0/s1. The number of carbonyl (C=O) groups excluding carboxylic acids is 1. The number of urea groups is 1. The summed E-state index contributed by atoms with van der Waals surface area (Å²) in [5, 5.41) is 0. The molecule has 7 nitrogen and oxygen atoms in total. The summed E-state index contributed by atoms with van der Waals surface area (Å²) in [7, 11) is 3.30. The van der Waals surface area contributed by atoms with E-state index < -0.39 is 0 Å². The third-order valence-electron chi connectivity index (χ3n) is 7.81. The number of hydrogen-bond acceptors (Lipinski definition) is 5. The van der Waals surface area contributed by atoms with Gasteiger partial charge in [0.1, 0.15) is 12.4 Å². The lowest BCUT2D eigenvalue weighted by Crippen LogP contribution is -2.53. The summed E-state index contributed by atoms with van der Waals surface area (Å²) >= 11 is 0. The second kappa shape index (κ2) is 14.6. The van der Waals surface area contributed by atoms with Crippen molar-refractivity contribution in [3.63, 3.8) is 0 Å². The van der Waals surface area contributed by atoms with Gasteiger partial charge in [0.05, 0.1) is 34.0 Å². The van der Waals surface area contributed by atoms with Crippen LogP contribution in [0.15, 0.2) is 97.1 Å². The van der Waals surface area contributed by atoms with Crippen LogP contribution >= 0.6 is 0 Å². The van der Waals surface area contributed by atoms with Crippen molar-refractivity contribution in [2.24, 2.45) is 0 Å². The molecule has 1 heterocycles. The smallest absolute Gasteiger partial charge is 0.325 e. The summed E-state index contributed by atoms with van der Waals surface area (Å²) in [4.78, 5) is 17.6. The minimum atomic E-state index is -0.0432. The normalized spacial score (nSPS) is 15.0. The highest BCUT2D eigenvalue weighted by Crippen LogP contribution is 2.35. The Kier molecular flexibility index (Phi) is 10.2. The van der Waals surface area contributed by atoms with Crippen LogP contribution in [0.4, 0.5) is 10.5 Å². The minimum absolute atomic E-state index is 0.0432. The molecule has 224 valence electrons. The largest absolute Gasteiger partial charge is 0.496 e. The van der Waals surface area contributed by atoms with Crippen molar-refractivity contribution in [1.29, 1.82) is 0 Å². The fraction of sp³-hybridized carbons (Fsp3) is 0.306. The first-order chi connectivity index (χ1) is 21.1. The van der Waals surface area contributed by atoms with E-state index in [9.17, 15) is 4.79 Å². The Labute approximate surface area is 254 Å². The third-order valence-corrected chi connectivity index (χ3v) is 7.81. The van der Waals surface area contributed by atoms with Crippen molar-refractivity contribution in [3.8, 4) is 17.2 Å². The molecular formula is C36H40N2O5. The number of amides is 2. The Balaban J connectivity index is 1.25. The molecule has 1 fully saturated rings. The molecule has 0 aliphatic carbocycles. The van der Waals surface area contributed by atoms with Gasteiger partial charge in [0.25, 0.3) is 0 Å². The summed E-state index contributed by atoms with van der Waals surface area (Å²) < 4.78 is 23.3. The van der Waals surface area contributed by atoms with Crippen LogP contribution < -0.4 is 19.1 Å². The van der Waals surface area contributed by atoms with Crippen molar-refractivity contribution < 1.29 is 23.7 Å². The van der Waals surface area contributed by atoms with Gasteiger partial charge in [0.15, 0.2) is 11.5 Å². The van der Waals surface area contributed by atoms with Crippen LogP contribution in [-0.4, -0.2) is 44.3 Å². The van der Waals surface area contributed by atoms with Crippen LogP contribution in [0.5, 0.6) is 17.2 Å². The van der Waals surface area contributed by atoms with Crippen molar-refractivity contribution in [2.75, 3.05) is 32.3 Å².